The zero-order valence-corrected chi connectivity index (χ0v) is 12.3. The topological polar surface area (TPSA) is 80.3 Å². The smallest absolute Gasteiger partial charge is 0.223 e. The van der Waals surface area contributed by atoms with Crippen molar-refractivity contribution >= 4 is 23.3 Å². The van der Waals surface area contributed by atoms with Crippen molar-refractivity contribution < 1.29 is 19.2 Å². The molecule has 0 saturated heterocycles. The molecule has 0 radical (unpaired) electrons. The molecule has 0 aromatic heterocycles. The van der Waals surface area contributed by atoms with E-state index in [0.717, 1.165) is 0 Å². The van der Waals surface area contributed by atoms with Gasteiger partial charge < -0.3 is 5.32 Å². The minimum absolute atomic E-state index is 0.329. The van der Waals surface area contributed by atoms with E-state index in [-0.39, 0.29) is 11.8 Å². The van der Waals surface area contributed by atoms with E-state index < -0.39 is 34.2 Å². The highest BCUT2D eigenvalue weighted by Gasteiger charge is 2.58. The lowest BCUT2D eigenvalue weighted by Crippen LogP contribution is -2.65. The van der Waals surface area contributed by atoms with Crippen LogP contribution in [-0.4, -0.2) is 29.3 Å². The molecular weight excluding hydrogens is 246 g/mol. The van der Waals surface area contributed by atoms with E-state index in [1.54, 1.807) is 13.8 Å². The van der Waals surface area contributed by atoms with Crippen molar-refractivity contribution in [3.63, 3.8) is 0 Å². The molecule has 19 heavy (non-hydrogen) atoms. The molecule has 1 aliphatic rings. The van der Waals surface area contributed by atoms with Crippen LogP contribution in [0, 0.1) is 16.7 Å². The molecule has 1 N–H and O–H groups in total. The van der Waals surface area contributed by atoms with E-state index >= 15 is 0 Å². The van der Waals surface area contributed by atoms with Gasteiger partial charge in [0.05, 0.1) is 10.8 Å². The lowest BCUT2D eigenvalue weighted by molar-refractivity contribution is -0.159. The van der Waals surface area contributed by atoms with Gasteiger partial charge in [-0.15, -0.1) is 0 Å². The van der Waals surface area contributed by atoms with Gasteiger partial charge in [0.1, 0.15) is 6.04 Å². The molecule has 1 rings (SSSR count). The second kappa shape index (κ2) is 4.54. The Bertz CT molecular complexity index is 430. The van der Waals surface area contributed by atoms with Gasteiger partial charge in [-0.25, -0.2) is 0 Å². The molecule has 0 spiro atoms. The van der Waals surface area contributed by atoms with Gasteiger partial charge in [0.25, 0.3) is 0 Å². The maximum atomic E-state index is 12.3. The fourth-order valence-corrected chi connectivity index (χ4v) is 2.29. The number of amides is 1. The average Bonchev–Trinajstić information content (AvgIpc) is 2.31. The van der Waals surface area contributed by atoms with Crippen LogP contribution in [0.2, 0.25) is 0 Å². The molecule has 1 fully saturated rings. The molecule has 0 heterocycles. The van der Waals surface area contributed by atoms with Gasteiger partial charge in [0, 0.05) is 5.92 Å². The quantitative estimate of drug-likeness (QED) is 0.754. The SMILES string of the molecule is CC(C)C(=O)NC1C(=O)C(C)(C)C(=O)C(C)(C)C1=O. The molecule has 1 amide bonds. The molecule has 0 aliphatic heterocycles. The molecule has 0 aromatic carbocycles. The van der Waals surface area contributed by atoms with E-state index in [9.17, 15) is 19.2 Å². The normalized spacial score (nSPS) is 22.8. The molecule has 106 valence electrons. The van der Waals surface area contributed by atoms with Gasteiger partial charge >= 0.3 is 0 Å². The summed E-state index contributed by atoms with van der Waals surface area (Å²) < 4.78 is 0. The van der Waals surface area contributed by atoms with Crippen LogP contribution in [0.25, 0.3) is 0 Å². The van der Waals surface area contributed by atoms with Crippen molar-refractivity contribution in [3.05, 3.63) is 0 Å². The van der Waals surface area contributed by atoms with Crippen LogP contribution in [0.5, 0.6) is 0 Å². The molecule has 0 atom stereocenters. The highest BCUT2D eigenvalue weighted by molar-refractivity contribution is 6.30. The molecular formula is C14H21NO4. The minimum atomic E-state index is -1.26. The van der Waals surface area contributed by atoms with Crippen LogP contribution in [0.4, 0.5) is 0 Å². The van der Waals surface area contributed by atoms with Crippen LogP contribution in [0.15, 0.2) is 0 Å². The third-order valence-electron chi connectivity index (χ3n) is 3.70. The minimum Gasteiger partial charge on any atom is -0.339 e. The summed E-state index contributed by atoms with van der Waals surface area (Å²) in [6.07, 6.45) is 0. The number of Topliss-reactive ketones (excluding diaryl/α,β-unsaturated/α-hetero) is 3. The summed E-state index contributed by atoms with van der Waals surface area (Å²) in [7, 11) is 0. The molecule has 1 saturated carbocycles. The number of nitrogens with one attached hydrogen (secondary N) is 1. The Hall–Kier alpha value is -1.52. The van der Waals surface area contributed by atoms with Crippen LogP contribution < -0.4 is 5.32 Å². The first-order valence-electron chi connectivity index (χ1n) is 6.38. The van der Waals surface area contributed by atoms with Crippen molar-refractivity contribution in [2.24, 2.45) is 16.7 Å². The number of rotatable bonds is 2. The van der Waals surface area contributed by atoms with E-state index in [2.05, 4.69) is 5.32 Å². The lowest BCUT2D eigenvalue weighted by atomic mass is 9.61. The van der Waals surface area contributed by atoms with Crippen LogP contribution in [0.3, 0.4) is 0 Å². The summed E-state index contributed by atoms with van der Waals surface area (Å²) in [5.74, 6) is -2.16. The molecule has 0 bridgehead atoms. The maximum Gasteiger partial charge on any atom is 0.223 e. The van der Waals surface area contributed by atoms with Crippen molar-refractivity contribution in [2.45, 2.75) is 47.6 Å². The Labute approximate surface area is 113 Å². The zero-order chi connectivity index (χ0) is 15.2. The molecule has 0 aromatic rings. The Balaban J connectivity index is 3.18. The van der Waals surface area contributed by atoms with Gasteiger partial charge in [0.2, 0.25) is 5.91 Å². The van der Waals surface area contributed by atoms with Crippen molar-refractivity contribution in [3.8, 4) is 0 Å². The van der Waals surface area contributed by atoms with Crippen molar-refractivity contribution in [1.82, 2.24) is 5.32 Å². The largest absolute Gasteiger partial charge is 0.339 e. The molecule has 5 heteroatoms. The Morgan fingerprint density at radius 3 is 1.68 bits per heavy atom. The maximum absolute atomic E-state index is 12.3. The molecule has 0 unspecified atom stereocenters. The Morgan fingerprint density at radius 2 is 1.37 bits per heavy atom. The number of carbonyl (C=O) groups excluding carboxylic acids is 4. The second-order valence-corrected chi connectivity index (χ2v) is 6.40. The monoisotopic (exact) mass is 267 g/mol. The van der Waals surface area contributed by atoms with E-state index in [1.165, 1.54) is 27.7 Å². The first-order chi connectivity index (χ1) is 8.44. The summed E-state index contributed by atoms with van der Waals surface area (Å²) in [5, 5.41) is 2.46. The lowest BCUT2D eigenvalue weighted by Gasteiger charge is -2.40. The summed E-state index contributed by atoms with van der Waals surface area (Å²) in [6, 6.07) is -1.22. The van der Waals surface area contributed by atoms with E-state index in [4.69, 9.17) is 0 Å². The summed E-state index contributed by atoms with van der Waals surface area (Å²) in [6.45, 7) is 9.35. The van der Waals surface area contributed by atoms with E-state index in [1.807, 2.05) is 0 Å². The fraction of sp³-hybridized carbons (Fsp3) is 0.714. The summed E-state index contributed by atoms with van der Waals surface area (Å²) in [4.78, 5) is 48.4. The highest BCUT2D eigenvalue weighted by atomic mass is 16.2. The van der Waals surface area contributed by atoms with Crippen LogP contribution in [-0.2, 0) is 19.2 Å². The van der Waals surface area contributed by atoms with Crippen molar-refractivity contribution in [2.75, 3.05) is 0 Å². The third-order valence-corrected chi connectivity index (χ3v) is 3.70. The average molecular weight is 267 g/mol. The standard InChI is InChI=1S/C14H21NO4/c1-7(2)11(18)15-8-9(16)13(3,4)12(19)14(5,6)10(8)17/h7-8H,1-6H3,(H,15,18). The van der Waals surface area contributed by atoms with Gasteiger partial charge in [-0.05, 0) is 27.7 Å². The molecule has 1 aliphatic carbocycles. The van der Waals surface area contributed by atoms with Gasteiger partial charge in [-0.3, -0.25) is 19.2 Å². The first kappa shape index (κ1) is 15.5. The van der Waals surface area contributed by atoms with Gasteiger partial charge in [-0.1, -0.05) is 13.8 Å². The predicted octanol–water partition coefficient (Wildman–Crippen LogP) is 0.900. The number of ketones is 3. The van der Waals surface area contributed by atoms with E-state index in [0.29, 0.717) is 0 Å². The fourth-order valence-electron chi connectivity index (χ4n) is 2.29. The third kappa shape index (κ3) is 2.33. The Kier molecular flexibility index (Phi) is 3.72. The molecule has 5 nitrogen and oxygen atoms in total. The number of hydrogen-bond acceptors (Lipinski definition) is 4. The van der Waals surface area contributed by atoms with Crippen LogP contribution in [0.1, 0.15) is 41.5 Å². The predicted molar refractivity (Wildman–Crippen MR) is 69.4 cm³/mol. The number of carbonyl (C=O) groups is 4. The van der Waals surface area contributed by atoms with Gasteiger partial charge in [0.15, 0.2) is 17.3 Å². The zero-order valence-electron chi connectivity index (χ0n) is 12.3. The van der Waals surface area contributed by atoms with Crippen molar-refractivity contribution in [1.29, 1.82) is 0 Å². The number of hydrogen-bond donors (Lipinski definition) is 1. The van der Waals surface area contributed by atoms with Crippen LogP contribution >= 0.6 is 0 Å². The summed E-state index contributed by atoms with van der Waals surface area (Å²) >= 11 is 0. The van der Waals surface area contributed by atoms with Gasteiger partial charge in [-0.2, -0.15) is 0 Å². The first-order valence-corrected chi connectivity index (χ1v) is 6.38. The second-order valence-electron chi connectivity index (χ2n) is 6.40. The Morgan fingerprint density at radius 1 is 1.00 bits per heavy atom. The summed E-state index contributed by atoms with van der Waals surface area (Å²) in [5.41, 5.74) is -2.52. The highest BCUT2D eigenvalue weighted by Crippen LogP contribution is 2.38.